The van der Waals surface area contributed by atoms with Gasteiger partial charge in [-0.25, -0.2) is 0 Å². The van der Waals surface area contributed by atoms with Gasteiger partial charge in [-0.3, -0.25) is 14.9 Å². The molecule has 7 nitrogen and oxygen atoms in total. The van der Waals surface area contributed by atoms with Crippen LogP contribution in [-0.4, -0.2) is 17.4 Å². The van der Waals surface area contributed by atoms with E-state index in [-0.39, 0.29) is 18.1 Å². The summed E-state index contributed by atoms with van der Waals surface area (Å²) < 4.78 is 5.81. The Labute approximate surface area is 155 Å². The van der Waals surface area contributed by atoms with Crippen LogP contribution in [0.3, 0.4) is 0 Å². The minimum absolute atomic E-state index is 0.0398. The van der Waals surface area contributed by atoms with Crippen LogP contribution in [0.15, 0.2) is 78.9 Å². The molecule has 3 aromatic carbocycles. The van der Waals surface area contributed by atoms with Gasteiger partial charge < -0.3 is 15.4 Å². The third-order valence-corrected chi connectivity index (χ3v) is 3.64. The molecule has 0 fully saturated rings. The molecule has 0 aliphatic heterocycles. The van der Waals surface area contributed by atoms with Crippen molar-refractivity contribution in [3.63, 3.8) is 0 Å². The van der Waals surface area contributed by atoms with E-state index in [1.165, 1.54) is 12.1 Å². The lowest BCUT2D eigenvalue weighted by atomic mass is 10.2. The first kappa shape index (κ1) is 17.9. The van der Waals surface area contributed by atoms with E-state index in [9.17, 15) is 14.9 Å². The van der Waals surface area contributed by atoms with Crippen LogP contribution in [0.1, 0.15) is 0 Å². The van der Waals surface area contributed by atoms with Gasteiger partial charge >= 0.3 is 0 Å². The highest BCUT2D eigenvalue weighted by molar-refractivity contribution is 5.95. The zero-order valence-corrected chi connectivity index (χ0v) is 14.3. The van der Waals surface area contributed by atoms with Gasteiger partial charge in [0.25, 0.3) is 5.69 Å². The molecule has 0 unspecified atom stereocenters. The molecule has 0 bridgehead atoms. The Morgan fingerprint density at radius 3 is 2.48 bits per heavy atom. The minimum atomic E-state index is -0.484. The van der Waals surface area contributed by atoms with Crippen LogP contribution in [0, 0.1) is 10.1 Å². The molecule has 0 spiro atoms. The average Bonchev–Trinajstić information content (AvgIpc) is 2.69. The van der Waals surface area contributed by atoms with Gasteiger partial charge in [0.05, 0.1) is 17.2 Å². The molecule has 1 amide bonds. The number of amides is 1. The summed E-state index contributed by atoms with van der Waals surface area (Å²) in [6, 6.07) is 22.3. The molecule has 3 rings (SSSR count). The number of ether oxygens (including phenoxy) is 1. The summed E-state index contributed by atoms with van der Waals surface area (Å²) in [5, 5.41) is 16.5. The molecule has 0 heterocycles. The van der Waals surface area contributed by atoms with Gasteiger partial charge in [-0.15, -0.1) is 0 Å². The minimum Gasteiger partial charge on any atom is -0.455 e. The van der Waals surface area contributed by atoms with E-state index in [4.69, 9.17) is 4.74 Å². The quantitative estimate of drug-likeness (QED) is 0.478. The molecule has 0 radical (unpaired) electrons. The van der Waals surface area contributed by atoms with E-state index >= 15 is 0 Å². The van der Waals surface area contributed by atoms with Crippen molar-refractivity contribution in [3.05, 3.63) is 89.0 Å². The van der Waals surface area contributed by atoms with Crippen molar-refractivity contribution >= 4 is 23.0 Å². The second-order valence-corrected chi connectivity index (χ2v) is 5.62. The number of carbonyl (C=O) groups excluding carboxylic acids is 1. The summed E-state index contributed by atoms with van der Waals surface area (Å²) in [4.78, 5) is 22.6. The number of nitro benzene ring substituents is 1. The van der Waals surface area contributed by atoms with E-state index in [1.807, 2.05) is 36.4 Å². The van der Waals surface area contributed by atoms with Crippen LogP contribution in [0.2, 0.25) is 0 Å². The molecule has 0 saturated heterocycles. The van der Waals surface area contributed by atoms with Gasteiger partial charge in [-0.1, -0.05) is 36.4 Å². The van der Waals surface area contributed by atoms with Crippen molar-refractivity contribution in [1.82, 2.24) is 0 Å². The number of nitrogens with one attached hydrogen (secondary N) is 2. The smallest absolute Gasteiger partial charge is 0.271 e. The summed E-state index contributed by atoms with van der Waals surface area (Å²) in [6.45, 7) is -0.0408. The molecule has 3 aromatic rings. The van der Waals surface area contributed by atoms with E-state index in [0.29, 0.717) is 22.9 Å². The number of nitrogens with zero attached hydrogens (tertiary/aromatic N) is 1. The van der Waals surface area contributed by atoms with E-state index in [1.54, 1.807) is 30.3 Å². The van der Waals surface area contributed by atoms with Gasteiger partial charge in [0.2, 0.25) is 5.91 Å². The first-order chi connectivity index (χ1) is 13.1. The predicted octanol–water partition coefficient (Wildman–Crippen LogP) is 4.44. The molecule has 0 saturated carbocycles. The molecular formula is C20H17N3O4. The average molecular weight is 363 g/mol. The number of nitro groups is 1. The Hall–Kier alpha value is -3.87. The van der Waals surface area contributed by atoms with Gasteiger partial charge in [0, 0.05) is 17.8 Å². The monoisotopic (exact) mass is 363 g/mol. The zero-order valence-electron chi connectivity index (χ0n) is 14.3. The van der Waals surface area contributed by atoms with Crippen LogP contribution in [0.4, 0.5) is 17.1 Å². The van der Waals surface area contributed by atoms with Crippen LogP contribution in [0.25, 0.3) is 0 Å². The number of carbonyl (C=O) groups is 1. The summed E-state index contributed by atoms with van der Waals surface area (Å²) in [5.41, 5.74) is 0.988. The fraction of sp³-hybridized carbons (Fsp3) is 0.0500. The van der Waals surface area contributed by atoms with Crippen LogP contribution in [-0.2, 0) is 4.79 Å². The third-order valence-electron chi connectivity index (χ3n) is 3.64. The van der Waals surface area contributed by atoms with Gasteiger partial charge in [0.1, 0.15) is 5.75 Å². The summed E-state index contributed by atoms with van der Waals surface area (Å²) >= 11 is 0. The highest BCUT2D eigenvalue weighted by atomic mass is 16.6. The summed E-state index contributed by atoms with van der Waals surface area (Å²) in [6.07, 6.45) is 0. The van der Waals surface area contributed by atoms with Crippen LogP contribution in [0.5, 0.6) is 11.5 Å². The maximum Gasteiger partial charge on any atom is 0.271 e. The van der Waals surface area contributed by atoms with Crippen molar-refractivity contribution in [2.75, 3.05) is 17.2 Å². The van der Waals surface area contributed by atoms with Crippen molar-refractivity contribution < 1.29 is 14.5 Å². The topological polar surface area (TPSA) is 93.5 Å². The highest BCUT2D eigenvalue weighted by Gasteiger charge is 2.10. The summed E-state index contributed by atoms with van der Waals surface area (Å²) in [7, 11) is 0. The number of non-ortho nitro benzene ring substituents is 1. The van der Waals surface area contributed by atoms with Gasteiger partial charge in [-0.05, 0) is 30.3 Å². The normalized spacial score (nSPS) is 10.1. The Kier molecular flexibility index (Phi) is 5.64. The van der Waals surface area contributed by atoms with E-state index < -0.39 is 4.92 Å². The molecular weight excluding hydrogens is 346 g/mol. The van der Waals surface area contributed by atoms with Crippen molar-refractivity contribution in [3.8, 4) is 11.5 Å². The molecule has 27 heavy (non-hydrogen) atoms. The molecule has 0 aromatic heterocycles. The van der Waals surface area contributed by atoms with Gasteiger partial charge in [0.15, 0.2) is 5.75 Å². The SMILES string of the molecule is O=C(CNc1cccc([N+](=O)[O-])c1)Nc1ccccc1Oc1ccccc1. The third kappa shape index (κ3) is 5.05. The first-order valence-electron chi connectivity index (χ1n) is 8.22. The standard InChI is InChI=1S/C20H17N3O4/c24-20(14-21-15-7-6-8-16(13-15)23(25)26)22-18-11-4-5-12-19(18)27-17-9-2-1-3-10-17/h1-13,21H,14H2,(H,22,24). The fourth-order valence-corrected chi connectivity index (χ4v) is 2.38. The number of hydrogen-bond acceptors (Lipinski definition) is 5. The maximum absolute atomic E-state index is 12.2. The lowest BCUT2D eigenvalue weighted by Gasteiger charge is -2.12. The Bertz CT molecular complexity index is 945. The first-order valence-corrected chi connectivity index (χ1v) is 8.22. The second-order valence-electron chi connectivity index (χ2n) is 5.62. The van der Waals surface area contributed by atoms with E-state index in [2.05, 4.69) is 10.6 Å². The molecule has 0 aliphatic carbocycles. The zero-order chi connectivity index (χ0) is 19.1. The highest BCUT2D eigenvalue weighted by Crippen LogP contribution is 2.29. The molecule has 0 atom stereocenters. The van der Waals surface area contributed by atoms with Crippen molar-refractivity contribution in [1.29, 1.82) is 0 Å². The van der Waals surface area contributed by atoms with Crippen LogP contribution >= 0.6 is 0 Å². The predicted molar refractivity (Wildman–Crippen MR) is 103 cm³/mol. The lowest BCUT2D eigenvalue weighted by molar-refractivity contribution is -0.384. The van der Waals surface area contributed by atoms with Crippen molar-refractivity contribution in [2.45, 2.75) is 0 Å². The lowest BCUT2D eigenvalue weighted by Crippen LogP contribution is -2.22. The summed E-state index contributed by atoms with van der Waals surface area (Å²) in [5.74, 6) is 0.881. The molecule has 136 valence electrons. The second kappa shape index (κ2) is 8.48. The Morgan fingerprint density at radius 2 is 1.70 bits per heavy atom. The van der Waals surface area contributed by atoms with Crippen molar-refractivity contribution in [2.24, 2.45) is 0 Å². The fourth-order valence-electron chi connectivity index (χ4n) is 2.38. The molecule has 7 heteroatoms. The number of anilines is 2. The number of benzene rings is 3. The molecule has 0 aliphatic rings. The number of para-hydroxylation sites is 3. The molecule has 2 N–H and O–H groups in total. The van der Waals surface area contributed by atoms with Crippen LogP contribution < -0.4 is 15.4 Å². The largest absolute Gasteiger partial charge is 0.455 e. The number of hydrogen-bond donors (Lipinski definition) is 2. The maximum atomic E-state index is 12.2. The van der Waals surface area contributed by atoms with Gasteiger partial charge in [-0.2, -0.15) is 0 Å². The number of rotatable bonds is 7. The Balaban J connectivity index is 1.63. The van der Waals surface area contributed by atoms with E-state index in [0.717, 1.165) is 0 Å². The Morgan fingerprint density at radius 1 is 0.963 bits per heavy atom.